The monoisotopic (exact) mass is 435 g/mol. The summed E-state index contributed by atoms with van der Waals surface area (Å²) in [5.74, 6) is -1.61. The quantitative estimate of drug-likeness (QED) is 0.462. The lowest BCUT2D eigenvalue weighted by atomic mass is 10.1. The molecule has 0 spiro atoms. The fourth-order valence-corrected chi connectivity index (χ4v) is 4.64. The van der Waals surface area contributed by atoms with Gasteiger partial charge >= 0.3 is 5.97 Å². The Balaban J connectivity index is 1.57. The largest absolute Gasteiger partial charge is 0.490 e. The zero-order valence-corrected chi connectivity index (χ0v) is 17.4. The predicted molar refractivity (Wildman–Crippen MR) is 111 cm³/mol. The highest BCUT2D eigenvalue weighted by atomic mass is 32.2. The summed E-state index contributed by atoms with van der Waals surface area (Å²) < 4.78 is 32.6. The van der Waals surface area contributed by atoms with E-state index in [1.807, 2.05) is 5.38 Å². The van der Waals surface area contributed by atoms with E-state index in [1.54, 1.807) is 38.1 Å². The fourth-order valence-electron chi connectivity index (χ4n) is 2.42. The van der Waals surface area contributed by atoms with Gasteiger partial charge in [0, 0.05) is 11.8 Å². The Morgan fingerprint density at radius 3 is 2.52 bits per heavy atom. The Morgan fingerprint density at radius 1 is 1.17 bits per heavy atom. The van der Waals surface area contributed by atoms with Crippen LogP contribution in [-0.2, 0) is 11.2 Å². The van der Waals surface area contributed by atoms with E-state index in [0.717, 1.165) is 5.69 Å². The summed E-state index contributed by atoms with van der Waals surface area (Å²) >= 11 is 2.57. The topological polar surface area (TPSA) is 59.4 Å². The van der Waals surface area contributed by atoms with Gasteiger partial charge in [-0.1, -0.05) is 30.0 Å². The first-order valence-electron chi connectivity index (χ1n) is 8.80. The van der Waals surface area contributed by atoms with E-state index in [2.05, 4.69) is 4.98 Å². The number of aliphatic carboxylic acids is 1. The molecule has 152 valence electrons. The molecule has 0 fully saturated rings. The Hall–Kier alpha value is -2.45. The number of hydrogen-bond donors (Lipinski definition) is 1. The molecule has 2 aromatic carbocycles. The molecule has 4 nitrogen and oxygen atoms in total. The maximum Gasteiger partial charge on any atom is 0.319 e. The SMILES string of the molecule is CC(C)(Sc1nc(CCOc2ccc(-c3ccc(F)cc3)cc2F)cs1)C(=O)O. The van der Waals surface area contributed by atoms with Crippen molar-refractivity contribution in [3.63, 3.8) is 0 Å². The lowest BCUT2D eigenvalue weighted by molar-refractivity contribution is -0.138. The number of carboxylic acid groups (broad SMARTS) is 1. The van der Waals surface area contributed by atoms with Crippen molar-refractivity contribution in [3.8, 4) is 16.9 Å². The molecule has 3 aromatic rings. The third kappa shape index (κ3) is 5.55. The molecule has 8 heteroatoms. The molecule has 0 saturated heterocycles. The van der Waals surface area contributed by atoms with Crippen molar-refractivity contribution >= 4 is 29.1 Å². The molecule has 0 radical (unpaired) electrons. The summed E-state index contributed by atoms with van der Waals surface area (Å²) in [6, 6.07) is 10.5. The molecule has 1 N–H and O–H groups in total. The number of aromatic nitrogens is 1. The molecule has 3 rings (SSSR count). The molecule has 0 unspecified atom stereocenters. The number of nitrogens with zero attached hydrogens (tertiary/aromatic N) is 1. The lowest BCUT2D eigenvalue weighted by Gasteiger charge is -2.15. The van der Waals surface area contributed by atoms with Crippen molar-refractivity contribution in [2.75, 3.05) is 6.61 Å². The first-order chi connectivity index (χ1) is 13.7. The number of benzene rings is 2. The maximum atomic E-state index is 14.3. The van der Waals surface area contributed by atoms with Gasteiger partial charge in [-0.05, 0) is 49.2 Å². The number of thioether (sulfide) groups is 1. The maximum absolute atomic E-state index is 14.3. The minimum absolute atomic E-state index is 0.132. The summed E-state index contributed by atoms with van der Waals surface area (Å²) in [4.78, 5) is 15.6. The number of rotatable bonds is 8. The van der Waals surface area contributed by atoms with Crippen LogP contribution in [0.2, 0.25) is 0 Å². The third-order valence-corrected chi connectivity index (χ3v) is 6.29. The van der Waals surface area contributed by atoms with Crippen molar-refractivity contribution in [1.82, 2.24) is 4.98 Å². The third-order valence-electron chi connectivity index (χ3n) is 4.11. The first-order valence-corrected chi connectivity index (χ1v) is 10.5. The number of halogens is 2. The minimum Gasteiger partial charge on any atom is -0.490 e. The van der Waals surface area contributed by atoms with Gasteiger partial charge in [-0.3, -0.25) is 4.79 Å². The van der Waals surface area contributed by atoms with Gasteiger partial charge in [-0.15, -0.1) is 11.3 Å². The van der Waals surface area contributed by atoms with Crippen molar-refractivity contribution in [2.45, 2.75) is 29.4 Å². The summed E-state index contributed by atoms with van der Waals surface area (Å²) in [5, 5.41) is 11.0. The molecule has 0 saturated carbocycles. The summed E-state index contributed by atoms with van der Waals surface area (Å²) in [6.07, 6.45) is 0.476. The average molecular weight is 436 g/mol. The van der Waals surface area contributed by atoms with Crippen molar-refractivity contribution in [1.29, 1.82) is 0 Å². The molecule has 0 aliphatic rings. The van der Waals surface area contributed by atoms with E-state index in [0.29, 0.717) is 21.9 Å². The molecule has 0 aliphatic carbocycles. The van der Waals surface area contributed by atoms with Crippen molar-refractivity contribution in [2.24, 2.45) is 0 Å². The second kappa shape index (κ2) is 8.92. The molecule has 1 aromatic heterocycles. The Morgan fingerprint density at radius 2 is 1.86 bits per heavy atom. The highest BCUT2D eigenvalue weighted by molar-refractivity contribution is 8.02. The van der Waals surface area contributed by atoms with Crippen LogP contribution in [0.25, 0.3) is 11.1 Å². The Kier molecular flexibility index (Phi) is 6.54. The smallest absolute Gasteiger partial charge is 0.319 e. The second-order valence-corrected chi connectivity index (χ2v) is 9.50. The highest BCUT2D eigenvalue weighted by Gasteiger charge is 2.29. The number of carboxylic acids is 1. The van der Waals surface area contributed by atoms with Crippen LogP contribution in [0.4, 0.5) is 8.78 Å². The lowest BCUT2D eigenvalue weighted by Crippen LogP contribution is -2.26. The number of hydrogen-bond acceptors (Lipinski definition) is 5. The zero-order chi connectivity index (χ0) is 21.0. The summed E-state index contributed by atoms with van der Waals surface area (Å²) in [6.45, 7) is 3.49. The summed E-state index contributed by atoms with van der Waals surface area (Å²) in [7, 11) is 0. The van der Waals surface area contributed by atoms with Gasteiger partial charge in [0.1, 0.15) is 10.6 Å². The van der Waals surface area contributed by atoms with Crippen LogP contribution in [-0.4, -0.2) is 27.4 Å². The minimum atomic E-state index is -0.957. The van der Waals surface area contributed by atoms with E-state index in [1.165, 1.54) is 41.3 Å². The molecule has 0 bridgehead atoms. The standard InChI is InChI=1S/C21H19F2NO3S2/c1-21(2,19(25)26)29-20-24-16(12-28-20)9-10-27-18-8-5-14(11-17(18)23)13-3-6-15(22)7-4-13/h3-8,11-12H,9-10H2,1-2H3,(H,25,26). The highest BCUT2D eigenvalue weighted by Crippen LogP contribution is 2.34. The predicted octanol–water partition coefficient (Wildman–Crippen LogP) is 5.67. The fraction of sp³-hybridized carbons (Fsp3) is 0.238. The number of thiazole rings is 1. The van der Waals surface area contributed by atoms with Crippen LogP contribution >= 0.6 is 23.1 Å². The van der Waals surface area contributed by atoms with Crippen LogP contribution in [0.15, 0.2) is 52.2 Å². The van der Waals surface area contributed by atoms with Crippen LogP contribution in [0.5, 0.6) is 5.75 Å². The van der Waals surface area contributed by atoms with Gasteiger partial charge in [-0.2, -0.15) is 0 Å². The Labute approximate surface area is 175 Å². The van der Waals surface area contributed by atoms with Crippen molar-refractivity contribution < 1.29 is 23.4 Å². The molecule has 0 atom stereocenters. The first kappa shape index (κ1) is 21.3. The van der Waals surface area contributed by atoms with E-state index in [-0.39, 0.29) is 18.2 Å². The van der Waals surface area contributed by atoms with Gasteiger partial charge in [-0.25, -0.2) is 13.8 Å². The van der Waals surface area contributed by atoms with Gasteiger partial charge in [0.25, 0.3) is 0 Å². The molecule has 0 amide bonds. The van der Waals surface area contributed by atoms with Gasteiger partial charge < -0.3 is 9.84 Å². The average Bonchev–Trinajstić information content (AvgIpc) is 3.10. The molecule has 1 heterocycles. The molecular weight excluding hydrogens is 416 g/mol. The van der Waals surface area contributed by atoms with E-state index >= 15 is 0 Å². The van der Waals surface area contributed by atoms with Crippen LogP contribution < -0.4 is 4.74 Å². The van der Waals surface area contributed by atoms with Crippen LogP contribution in [0, 0.1) is 11.6 Å². The van der Waals surface area contributed by atoms with Crippen LogP contribution in [0.1, 0.15) is 19.5 Å². The van der Waals surface area contributed by atoms with Gasteiger partial charge in [0.05, 0.1) is 12.3 Å². The van der Waals surface area contributed by atoms with E-state index in [9.17, 15) is 18.7 Å². The normalized spacial score (nSPS) is 11.4. The molecule has 0 aliphatic heterocycles. The van der Waals surface area contributed by atoms with Crippen LogP contribution in [0.3, 0.4) is 0 Å². The molecular formula is C21H19F2NO3S2. The summed E-state index contributed by atoms with van der Waals surface area (Å²) in [5.41, 5.74) is 2.12. The number of ether oxygens (including phenoxy) is 1. The van der Waals surface area contributed by atoms with E-state index in [4.69, 9.17) is 4.74 Å². The number of carbonyl (C=O) groups is 1. The Bertz CT molecular complexity index is 1000. The molecule has 29 heavy (non-hydrogen) atoms. The van der Waals surface area contributed by atoms with Crippen molar-refractivity contribution in [3.05, 3.63) is 65.2 Å². The second-order valence-electron chi connectivity index (χ2n) is 6.77. The van der Waals surface area contributed by atoms with E-state index < -0.39 is 16.5 Å². The zero-order valence-electron chi connectivity index (χ0n) is 15.8. The van der Waals surface area contributed by atoms with Gasteiger partial charge in [0.2, 0.25) is 0 Å². The van der Waals surface area contributed by atoms with Gasteiger partial charge in [0.15, 0.2) is 15.9 Å².